The van der Waals surface area contributed by atoms with Crippen molar-refractivity contribution >= 4 is 5.69 Å². The van der Waals surface area contributed by atoms with Crippen LogP contribution >= 0.6 is 0 Å². The van der Waals surface area contributed by atoms with Crippen LogP contribution in [0.15, 0.2) is 12.1 Å². The molecular weight excluding hydrogens is 155 g/mol. The van der Waals surface area contributed by atoms with Crippen LogP contribution in [-0.2, 0) is 0 Å². The summed E-state index contributed by atoms with van der Waals surface area (Å²) >= 11 is 0. The maximum atomic E-state index is 12.9. The molecule has 0 aromatic heterocycles. The van der Waals surface area contributed by atoms with Crippen molar-refractivity contribution in [2.45, 2.75) is 19.9 Å². The van der Waals surface area contributed by atoms with Gasteiger partial charge in [-0.3, -0.25) is 0 Å². The number of benzene rings is 1. The van der Waals surface area contributed by atoms with Gasteiger partial charge in [0.05, 0.1) is 5.69 Å². The predicted molar refractivity (Wildman–Crippen MR) is 48.2 cm³/mol. The fraction of sp³-hybridized carbons (Fsp3) is 0.333. The van der Waals surface area contributed by atoms with Gasteiger partial charge in [-0.25, -0.2) is 4.39 Å². The summed E-state index contributed by atoms with van der Waals surface area (Å²) in [6.07, 6.45) is 0. The maximum Gasteiger partial charge on any atom is 0.146 e. The zero-order valence-corrected chi connectivity index (χ0v) is 7.26. The third-order valence-corrected chi connectivity index (χ3v) is 1.88. The average Bonchev–Trinajstić information content (AvgIpc) is 1.96. The summed E-state index contributed by atoms with van der Waals surface area (Å²) in [4.78, 5) is 0. The molecule has 0 fully saturated rings. The van der Waals surface area contributed by atoms with Gasteiger partial charge in [-0.2, -0.15) is 0 Å². The molecule has 0 aliphatic rings. The third kappa shape index (κ3) is 1.56. The minimum atomic E-state index is -0.395. The first-order valence-electron chi connectivity index (χ1n) is 3.83. The van der Waals surface area contributed by atoms with Gasteiger partial charge >= 0.3 is 0 Å². The first kappa shape index (κ1) is 9.00. The maximum absolute atomic E-state index is 12.9. The zero-order chi connectivity index (χ0) is 9.30. The minimum absolute atomic E-state index is 0.153. The molecule has 1 aromatic rings. The van der Waals surface area contributed by atoms with Crippen molar-refractivity contribution in [1.82, 2.24) is 0 Å². The summed E-state index contributed by atoms with van der Waals surface area (Å²) in [7, 11) is 0. The zero-order valence-electron chi connectivity index (χ0n) is 7.26. The SMILES string of the molecule is Cc1cc(N)c(F)cc1[C@H](C)N. The summed E-state index contributed by atoms with van der Waals surface area (Å²) in [5.41, 5.74) is 12.9. The van der Waals surface area contributed by atoms with Crippen molar-refractivity contribution in [1.29, 1.82) is 0 Å². The Morgan fingerprint density at radius 3 is 2.50 bits per heavy atom. The number of nitrogens with two attached hydrogens (primary N) is 2. The third-order valence-electron chi connectivity index (χ3n) is 1.88. The number of halogens is 1. The van der Waals surface area contributed by atoms with Crippen molar-refractivity contribution in [3.63, 3.8) is 0 Å². The fourth-order valence-corrected chi connectivity index (χ4v) is 1.21. The summed E-state index contributed by atoms with van der Waals surface area (Å²) in [6.45, 7) is 3.69. The van der Waals surface area contributed by atoms with Gasteiger partial charge in [-0.15, -0.1) is 0 Å². The molecule has 0 aliphatic carbocycles. The minimum Gasteiger partial charge on any atom is -0.396 e. The molecule has 2 nitrogen and oxygen atoms in total. The van der Waals surface area contributed by atoms with Crippen LogP contribution < -0.4 is 11.5 Å². The highest BCUT2D eigenvalue weighted by molar-refractivity contribution is 5.46. The lowest BCUT2D eigenvalue weighted by Crippen LogP contribution is -2.08. The van der Waals surface area contributed by atoms with Crippen molar-refractivity contribution in [2.24, 2.45) is 5.73 Å². The van der Waals surface area contributed by atoms with Crippen molar-refractivity contribution < 1.29 is 4.39 Å². The average molecular weight is 168 g/mol. The number of anilines is 1. The molecule has 0 aliphatic heterocycles. The number of rotatable bonds is 1. The van der Waals surface area contributed by atoms with E-state index in [1.165, 1.54) is 6.07 Å². The van der Waals surface area contributed by atoms with Gasteiger partial charge in [0.2, 0.25) is 0 Å². The van der Waals surface area contributed by atoms with Gasteiger partial charge in [0, 0.05) is 6.04 Å². The Hall–Kier alpha value is -1.09. The molecule has 1 rings (SSSR count). The highest BCUT2D eigenvalue weighted by Crippen LogP contribution is 2.20. The molecule has 4 N–H and O–H groups in total. The smallest absolute Gasteiger partial charge is 0.146 e. The molecule has 0 saturated heterocycles. The van der Waals surface area contributed by atoms with Crippen LogP contribution in [0.5, 0.6) is 0 Å². The van der Waals surface area contributed by atoms with Crippen LogP contribution in [0.1, 0.15) is 24.1 Å². The van der Waals surface area contributed by atoms with E-state index < -0.39 is 5.82 Å². The van der Waals surface area contributed by atoms with Gasteiger partial charge < -0.3 is 11.5 Å². The van der Waals surface area contributed by atoms with E-state index in [1.54, 1.807) is 6.07 Å². The van der Waals surface area contributed by atoms with Crippen LogP contribution in [-0.4, -0.2) is 0 Å². The quantitative estimate of drug-likeness (QED) is 0.627. The Labute approximate surface area is 71.4 Å². The second kappa shape index (κ2) is 3.11. The van der Waals surface area contributed by atoms with Gasteiger partial charge in [0.25, 0.3) is 0 Å². The summed E-state index contributed by atoms with van der Waals surface area (Å²) in [5.74, 6) is -0.395. The van der Waals surface area contributed by atoms with E-state index in [0.29, 0.717) is 0 Å². The standard InChI is InChI=1S/C9H13FN2/c1-5-3-9(12)8(10)4-7(5)6(2)11/h3-4,6H,11-12H2,1-2H3/t6-/m0/s1. The van der Waals surface area contributed by atoms with E-state index in [4.69, 9.17) is 11.5 Å². The van der Waals surface area contributed by atoms with Crippen molar-refractivity contribution in [3.8, 4) is 0 Å². The lowest BCUT2D eigenvalue weighted by Gasteiger charge is -2.10. The number of nitrogen functional groups attached to an aromatic ring is 1. The molecule has 0 amide bonds. The van der Waals surface area contributed by atoms with Gasteiger partial charge in [-0.1, -0.05) is 0 Å². The summed E-state index contributed by atoms with van der Waals surface area (Å²) in [6, 6.07) is 2.85. The second-order valence-corrected chi connectivity index (χ2v) is 3.02. The Morgan fingerprint density at radius 2 is 2.00 bits per heavy atom. The number of aryl methyl sites for hydroxylation is 1. The molecule has 0 unspecified atom stereocenters. The topological polar surface area (TPSA) is 52.0 Å². The van der Waals surface area contributed by atoms with Crippen LogP contribution in [0.2, 0.25) is 0 Å². The normalized spacial score (nSPS) is 13.0. The van der Waals surface area contributed by atoms with E-state index in [0.717, 1.165) is 11.1 Å². The molecule has 3 heteroatoms. The summed E-state index contributed by atoms with van der Waals surface area (Å²) < 4.78 is 12.9. The monoisotopic (exact) mass is 168 g/mol. The molecule has 66 valence electrons. The van der Waals surface area contributed by atoms with Crippen molar-refractivity contribution in [3.05, 3.63) is 29.1 Å². The first-order chi connectivity index (χ1) is 5.52. The Bertz CT molecular complexity index is 295. The molecule has 0 saturated carbocycles. The van der Waals surface area contributed by atoms with Gasteiger partial charge in [0.1, 0.15) is 5.82 Å². The van der Waals surface area contributed by atoms with E-state index >= 15 is 0 Å². The number of hydrogen-bond donors (Lipinski definition) is 2. The highest BCUT2D eigenvalue weighted by atomic mass is 19.1. The lowest BCUT2D eigenvalue weighted by molar-refractivity contribution is 0.626. The molecule has 0 spiro atoms. The van der Waals surface area contributed by atoms with Crippen LogP contribution in [0.4, 0.5) is 10.1 Å². The summed E-state index contributed by atoms with van der Waals surface area (Å²) in [5, 5.41) is 0. The molecule has 12 heavy (non-hydrogen) atoms. The highest BCUT2D eigenvalue weighted by Gasteiger charge is 2.07. The first-order valence-corrected chi connectivity index (χ1v) is 3.83. The number of hydrogen-bond acceptors (Lipinski definition) is 2. The predicted octanol–water partition coefficient (Wildman–Crippen LogP) is 1.74. The van der Waals surface area contributed by atoms with E-state index in [-0.39, 0.29) is 11.7 Å². The largest absolute Gasteiger partial charge is 0.396 e. The van der Waals surface area contributed by atoms with Gasteiger partial charge in [0.15, 0.2) is 0 Å². The lowest BCUT2D eigenvalue weighted by atomic mass is 10.0. The van der Waals surface area contributed by atoms with E-state index in [9.17, 15) is 4.39 Å². The molecule has 1 aromatic carbocycles. The van der Waals surface area contributed by atoms with E-state index in [1.807, 2.05) is 13.8 Å². The van der Waals surface area contributed by atoms with Crippen LogP contribution in [0, 0.1) is 12.7 Å². The Kier molecular flexibility index (Phi) is 2.33. The second-order valence-electron chi connectivity index (χ2n) is 3.02. The molecule has 1 atom stereocenters. The van der Waals surface area contributed by atoms with E-state index in [2.05, 4.69) is 0 Å². The molecular formula is C9H13FN2. The van der Waals surface area contributed by atoms with Gasteiger partial charge in [-0.05, 0) is 37.1 Å². The molecule has 0 bridgehead atoms. The molecule has 0 radical (unpaired) electrons. The molecule has 0 heterocycles. The van der Waals surface area contributed by atoms with Crippen LogP contribution in [0.3, 0.4) is 0 Å². The Morgan fingerprint density at radius 1 is 1.42 bits per heavy atom. The van der Waals surface area contributed by atoms with Crippen molar-refractivity contribution in [2.75, 3.05) is 5.73 Å². The Balaban J connectivity index is 3.23. The fourth-order valence-electron chi connectivity index (χ4n) is 1.21. The van der Waals surface area contributed by atoms with Crippen LogP contribution in [0.25, 0.3) is 0 Å².